The molecule has 1 saturated carbocycles. The second-order valence-corrected chi connectivity index (χ2v) is 9.30. The normalized spacial score (nSPS) is 23.6. The fourth-order valence-electron chi connectivity index (χ4n) is 5.38. The van der Waals surface area contributed by atoms with E-state index in [4.69, 9.17) is 0 Å². The molecule has 2 aliphatic heterocycles. The summed E-state index contributed by atoms with van der Waals surface area (Å²) in [6.07, 6.45) is 9.07. The number of pyridine rings is 1. The second-order valence-electron chi connectivity index (χ2n) is 9.30. The summed E-state index contributed by atoms with van der Waals surface area (Å²) < 4.78 is 0. The second kappa shape index (κ2) is 10.2. The molecule has 1 aromatic carbocycles. The molecule has 2 fully saturated rings. The Kier molecular flexibility index (Phi) is 6.74. The van der Waals surface area contributed by atoms with Gasteiger partial charge in [-0.3, -0.25) is 20.0 Å². The third-order valence-corrected chi connectivity index (χ3v) is 7.13. The molecular weight excluding hydrogens is 428 g/mol. The van der Waals surface area contributed by atoms with E-state index in [-0.39, 0.29) is 30.1 Å². The lowest BCUT2D eigenvalue weighted by atomic mass is 9.80. The molecule has 2 N–H and O–H groups in total. The third kappa shape index (κ3) is 4.76. The number of hydrogen-bond acceptors (Lipinski definition) is 6. The van der Waals surface area contributed by atoms with E-state index in [2.05, 4.69) is 37.9 Å². The van der Waals surface area contributed by atoms with Gasteiger partial charge in [0.2, 0.25) is 11.8 Å². The quantitative estimate of drug-likeness (QED) is 0.632. The first-order chi connectivity index (χ1) is 16.7. The lowest BCUT2D eigenvalue weighted by molar-refractivity contribution is -0.155. The molecular formula is C26H32N6O2. The average Bonchev–Trinajstić information content (AvgIpc) is 3.31. The number of fused-ring (bicyclic) bond motifs is 3. The summed E-state index contributed by atoms with van der Waals surface area (Å²) in [7, 11) is 0. The molecule has 2 amide bonds. The minimum absolute atomic E-state index is 0.00489. The van der Waals surface area contributed by atoms with Crippen LogP contribution in [0.4, 0.5) is 0 Å². The highest BCUT2D eigenvalue weighted by Gasteiger charge is 2.50. The Hall–Kier alpha value is -3.42. The zero-order valence-electron chi connectivity index (χ0n) is 19.4. The number of hydrazone groups is 1. The molecule has 34 heavy (non-hydrogen) atoms. The highest BCUT2D eigenvalue weighted by molar-refractivity contribution is 5.91. The number of amides is 2. The van der Waals surface area contributed by atoms with Crippen molar-refractivity contribution < 1.29 is 9.59 Å². The van der Waals surface area contributed by atoms with E-state index in [0.717, 1.165) is 43.5 Å². The van der Waals surface area contributed by atoms with Crippen LogP contribution in [0.1, 0.15) is 49.7 Å². The van der Waals surface area contributed by atoms with Gasteiger partial charge in [0.25, 0.3) is 0 Å². The van der Waals surface area contributed by atoms with E-state index >= 15 is 0 Å². The number of hydrogen-bond donors (Lipinski definition) is 2. The van der Waals surface area contributed by atoms with Crippen LogP contribution in [0.25, 0.3) is 0 Å². The van der Waals surface area contributed by atoms with Crippen molar-refractivity contribution in [3.8, 4) is 0 Å². The highest BCUT2D eigenvalue weighted by atomic mass is 16.2. The molecule has 3 heterocycles. The standard InChI is InChI=1S/C26H32N6O2/c33-24(28-18-20-9-6-15-27-17-20)13-12-23-29-30-26-31(16-14-19-7-2-1-3-8-19)25(34)21-10-4-5-11-22(21)32(23)26/h1-3,6-9,15,17,21-22,26,30H,4-5,10-14,16,18H2,(H,28,33). The average molecular weight is 461 g/mol. The molecule has 5 rings (SSSR count). The predicted molar refractivity (Wildman–Crippen MR) is 129 cm³/mol. The number of benzene rings is 1. The molecule has 1 saturated heterocycles. The van der Waals surface area contributed by atoms with Gasteiger partial charge in [-0.2, -0.15) is 5.10 Å². The molecule has 1 aliphatic carbocycles. The third-order valence-electron chi connectivity index (χ3n) is 7.13. The summed E-state index contributed by atoms with van der Waals surface area (Å²) in [5.41, 5.74) is 5.41. The van der Waals surface area contributed by atoms with Crippen LogP contribution in [0.3, 0.4) is 0 Å². The van der Waals surface area contributed by atoms with Crippen molar-refractivity contribution in [1.82, 2.24) is 25.5 Å². The van der Waals surface area contributed by atoms with Crippen LogP contribution in [0.5, 0.6) is 0 Å². The molecule has 8 heteroatoms. The van der Waals surface area contributed by atoms with Crippen LogP contribution in [0.2, 0.25) is 0 Å². The molecule has 8 nitrogen and oxygen atoms in total. The number of nitrogens with one attached hydrogen (secondary N) is 2. The van der Waals surface area contributed by atoms with Crippen molar-refractivity contribution in [3.63, 3.8) is 0 Å². The van der Waals surface area contributed by atoms with Gasteiger partial charge in [-0.15, -0.1) is 0 Å². The van der Waals surface area contributed by atoms with Crippen molar-refractivity contribution in [1.29, 1.82) is 0 Å². The summed E-state index contributed by atoms with van der Waals surface area (Å²) in [6, 6.07) is 14.2. The topological polar surface area (TPSA) is 89.9 Å². The van der Waals surface area contributed by atoms with E-state index in [1.807, 2.05) is 35.2 Å². The minimum atomic E-state index is -0.260. The number of nitrogens with zero attached hydrogens (tertiary/aromatic N) is 4. The first-order valence-corrected chi connectivity index (χ1v) is 12.3. The number of aromatic nitrogens is 1. The van der Waals surface area contributed by atoms with Crippen molar-refractivity contribution in [2.45, 2.75) is 63.8 Å². The number of carbonyl (C=O) groups excluding carboxylic acids is 2. The Morgan fingerprint density at radius 1 is 1.06 bits per heavy atom. The fourth-order valence-corrected chi connectivity index (χ4v) is 5.38. The molecule has 2 aromatic rings. The van der Waals surface area contributed by atoms with Gasteiger partial charge in [0.05, 0.1) is 5.92 Å². The van der Waals surface area contributed by atoms with Gasteiger partial charge in [0, 0.05) is 44.4 Å². The Bertz CT molecular complexity index is 1030. The van der Waals surface area contributed by atoms with Gasteiger partial charge < -0.3 is 15.1 Å². The summed E-state index contributed by atoms with van der Waals surface area (Å²) in [4.78, 5) is 34.3. The van der Waals surface area contributed by atoms with Gasteiger partial charge in [0.15, 0.2) is 6.29 Å². The van der Waals surface area contributed by atoms with Crippen LogP contribution in [-0.2, 0) is 22.6 Å². The molecule has 0 spiro atoms. The highest BCUT2D eigenvalue weighted by Crippen LogP contribution is 2.37. The van der Waals surface area contributed by atoms with Gasteiger partial charge in [-0.05, 0) is 36.5 Å². The number of rotatable bonds is 8. The van der Waals surface area contributed by atoms with Crippen molar-refractivity contribution in [3.05, 3.63) is 66.0 Å². The van der Waals surface area contributed by atoms with E-state index < -0.39 is 0 Å². The van der Waals surface area contributed by atoms with Gasteiger partial charge in [-0.25, -0.2) is 0 Å². The largest absolute Gasteiger partial charge is 0.352 e. The fraction of sp³-hybridized carbons (Fsp3) is 0.462. The van der Waals surface area contributed by atoms with E-state index in [0.29, 0.717) is 25.9 Å². The zero-order valence-corrected chi connectivity index (χ0v) is 19.4. The Morgan fingerprint density at radius 3 is 2.71 bits per heavy atom. The monoisotopic (exact) mass is 460 g/mol. The van der Waals surface area contributed by atoms with Crippen molar-refractivity contribution >= 4 is 17.6 Å². The first-order valence-electron chi connectivity index (χ1n) is 12.3. The molecule has 178 valence electrons. The maximum absolute atomic E-state index is 13.5. The zero-order chi connectivity index (χ0) is 23.3. The van der Waals surface area contributed by atoms with Crippen LogP contribution in [0.15, 0.2) is 60.0 Å². The van der Waals surface area contributed by atoms with E-state index in [9.17, 15) is 9.59 Å². The Labute approximate surface area is 200 Å². The molecule has 1 aromatic heterocycles. The van der Waals surface area contributed by atoms with E-state index in [1.165, 1.54) is 5.56 Å². The van der Waals surface area contributed by atoms with Crippen LogP contribution >= 0.6 is 0 Å². The summed E-state index contributed by atoms with van der Waals surface area (Å²) in [6.45, 7) is 1.12. The van der Waals surface area contributed by atoms with Gasteiger partial charge in [0.1, 0.15) is 5.84 Å². The van der Waals surface area contributed by atoms with Gasteiger partial charge >= 0.3 is 0 Å². The lowest BCUT2D eigenvalue weighted by Gasteiger charge is -2.50. The van der Waals surface area contributed by atoms with E-state index in [1.54, 1.807) is 12.4 Å². The predicted octanol–water partition coefficient (Wildman–Crippen LogP) is 2.62. The summed E-state index contributed by atoms with van der Waals surface area (Å²) in [5, 5.41) is 7.58. The molecule has 3 aliphatic rings. The van der Waals surface area contributed by atoms with Crippen LogP contribution in [0, 0.1) is 5.92 Å². The molecule has 0 radical (unpaired) electrons. The molecule has 3 unspecified atom stereocenters. The van der Waals surface area contributed by atoms with Crippen molar-refractivity contribution in [2.24, 2.45) is 11.0 Å². The van der Waals surface area contributed by atoms with Crippen LogP contribution < -0.4 is 10.7 Å². The Balaban J connectivity index is 1.23. The Morgan fingerprint density at radius 2 is 1.88 bits per heavy atom. The number of carbonyl (C=O) groups is 2. The maximum atomic E-state index is 13.5. The maximum Gasteiger partial charge on any atom is 0.230 e. The summed E-state index contributed by atoms with van der Waals surface area (Å²) >= 11 is 0. The lowest BCUT2D eigenvalue weighted by Crippen LogP contribution is -2.67. The first kappa shape index (κ1) is 22.4. The van der Waals surface area contributed by atoms with Crippen LogP contribution in [-0.4, -0.2) is 51.3 Å². The smallest absolute Gasteiger partial charge is 0.230 e. The minimum Gasteiger partial charge on any atom is -0.352 e. The van der Waals surface area contributed by atoms with Gasteiger partial charge in [-0.1, -0.05) is 49.2 Å². The SMILES string of the molecule is O=C(CCC1=NNC2N(CCc3ccccc3)C(=O)C3CCCCC3N12)NCc1cccnc1. The molecule has 0 bridgehead atoms. The summed E-state index contributed by atoms with van der Waals surface area (Å²) in [5.74, 6) is 1.12. The van der Waals surface area contributed by atoms with Crippen molar-refractivity contribution in [2.75, 3.05) is 6.54 Å². The number of amidine groups is 1. The molecule has 3 atom stereocenters.